The van der Waals surface area contributed by atoms with Crippen LogP contribution in [0.25, 0.3) is 0 Å². The number of hydrogen-bond acceptors (Lipinski definition) is 4. The van der Waals surface area contributed by atoms with Gasteiger partial charge in [0.05, 0.1) is 19.8 Å². The minimum Gasteiger partial charge on any atom is -0.447 e. The summed E-state index contributed by atoms with van der Waals surface area (Å²) >= 11 is 0. The van der Waals surface area contributed by atoms with Gasteiger partial charge in [0.15, 0.2) is 0 Å². The molecule has 0 unspecified atom stereocenters. The molecule has 11 heavy (non-hydrogen) atoms. The zero-order chi connectivity index (χ0) is 8.53. The van der Waals surface area contributed by atoms with Gasteiger partial charge in [0.25, 0.3) is 0 Å². The molecule has 5 heteroatoms. The van der Waals surface area contributed by atoms with Crippen LogP contribution in [0.3, 0.4) is 0 Å². The highest BCUT2D eigenvalue weighted by molar-refractivity contribution is 5.64. The standard InChI is InChI=1S/C6H13NO4/c1-9-2-3-10-4-5-11-6(7)8/h2-5H2,1H3,(H2,7,8). The quantitative estimate of drug-likeness (QED) is 0.548. The highest BCUT2D eigenvalue weighted by atomic mass is 16.6. The smallest absolute Gasteiger partial charge is 0.404 e. The summed E-state index contributed by atoms with van der Waals surface area (Å²) in [6, 6.07) is 0. The molecule has 0 saturated heterocycles. The van der Waals surface area contributed by atoms with E-state index in [0.717, 1.165) is 0 Å². The normalized spacial score (nSPS) is 9.55. The Hall–Kier alpha value is -0.810. The fraction of sp³-hybridized carbons (Fsp3) is 0.833. The van der Waals surface area contributed by atoms with E-state index in [1.54, 1.807) is 7.11 Å². The van der Waals surface area contributed by atoms with Crippen LogP contribution in [0, 0.1) is 0 Å². The second-order valence-corrected chi connectivity index (χ2v) is 1.77. The first-order valence-corrected chi connectivity index (χ1v) is 3.26. The first-order chi connectivity index (χ1) is 5.27. The topological polar surface area (TPSA) is 70.8 Å². The van der Waals surface area contributed by atoms with E-state index in [0.29, 0.717) is 19.8 Å². The minimum atomic E-state index is -0.777. The Morgan fingerprint density at radius 3 is 2.45 bits per heavy atom. The lowest BCUT2D eigenvalue weighted by molar-refractivity contribution is 0.0439. The molecule has 0 fully saturated rings. The third kappa shape index (κ3) is 9.19. The van der Waals surface area contributed by atoms with Crippen molar-refractivity contribution in [2.45, 2.75) is 0 Å². The zero-order valence-electron chi connectivity index (χ0n) is 6.54. The van der Waals surface area contributed by atoms with Crippen molar-refractivity contribution in [3.05, 3.63) is 0 Å². The summed E-state index contributed by atoms with van der Waals surface area (Å²) in [5.74, 6) is 0. The maximum Gasteiger partial charge on any atom is 0.404 e. The second-order valence-electron chi connectivity index (χ2n) is 1.77. The maximum absolute atomic E-state index is 10.0. The van der Waals surface area contributed by atoms with Crippen LogP contribution < -0.4 is 5.73 Å². The third-order valence-corrected chi connectivity index (χ3v) is 0.904. The van der Waals surface area contributed by atoms with E-state index in [1.807, 2.05) is 0 Å². The van der Waals surface area contributed by atoms with Crippen molar-refractivity contribution in [2.75, 3.05) is 33.5 Å². The van der Waals surface area contributed by atoms with Crippen LogP contribution in [0.1, 0.15) is 0 Å². The highest BCUT2D eigenvalue weighted by Crippen LogP contribution is 1.78. The molecule has 0 aromatic heterocycles. The van der Waals surface area contributed by atoms with Crippen molar-refractivity contribution in [3.8, 4) is 0 Å². The Kier molecular flexibility index (Phi) is 6.76. The molecule has 0 rings (SSSR count). The number of nitrogens with two attached hydrogens (primary N) is 1. The van der Waals surface area contributed by atoms with Gasteiger partial charge in [-0.1, -0.05) is 0 Å². The molecule has 1 amide bonds. The average Bonchev–Trinajstić information content (AvgIpc) is 1.96. The molecule has 0 aliphatic rings. The molecule has 0 saturated carbocycles. The van der Waals surface area contributed by atoms with Crippen molar-refractivity contribution < 1.29 is 19.0 Å². The first kappa shape index (κ1) is 10.2. The van der Waals surface area contributed by atoms with E-state index in [4.69, 9.17) is 15.2 Å². The van der Waals surface area contributed by atoms with Crippen molar-refractivity contribution in [1.82, 2.24) is 0 Å². The fourth-order valence-corrected chi connectivity index (χ4v) is 0.446. The van der Waals surface area contributed by atoms with Gasteiger partial charge in [-0.3, -0.25) is 0 Å². The van der Waals surface area contributed by atoms with E-state index < -0.39 is 6.09 Å². The molecule has 0 aliphatic carbocycles. The molecule has 2 N–H and O–H groups in total. The lowest BCUT2D eigenvalue weighted by Crippen LogP contribution is -2.17. The van der Waals surface area contributed by atoms with E-state index in [9.17, 15) is 4.79 Å². The largest absolute Gasteiger partial charge is 0.447 e. The maximum atomic E-state index is 10.0. The van der Waals surface area contributed by atoms with Crippen molar-refractivity contribution >= 4 is 6.09 Å². The van der Waals surface area contributed by atoms with E-state index >= 15 is 0 Å². The zero-order valence-corrected chi connectivity index (χ0v) is 6.54. The molecule has 66 valence electrons. The van der Waals surface area contributed by atoms with E-state index in [1.165, 1.54) is 0 Å². The number of primary amides is 1. The molecule has 0 spiro atoms. The summed E-state index contributed by atoms with van der Waals surface area (Å²) in [6.07, 6.45) is -0.777. The Labute approximate surface area is 65.4 Å². The predicted molar refractivity (Wildman–Crippen MR) is 38.2 cm³/mol. The number of ether oxygens (including phenoxy) is 3. The molecule has 0 aromatic carbocycles. The van der Waals surface area contributed by atoms with Crippen LogP contribution in [0.5, 0.6) is 0 Å². The van der Waals surface area contributed by atoms with Crippen LogP contribution in [0.4, 0.5) is 4.79 Å². The summed E-state index contributed by atoms with van der Waals surface area (Å²) in [7, 11) is 1.59. The Balaban J connectivity index is 2.85. The number of methoxy groups -OCH3 is 1. The van der Waals surface area contributed by atoms with Crippen molar-refractivity contribution in [2.24, 2.45) is 5.73 Å². The van der Waals surface area contributed by atoms with Crippen molar-refractivity contribution in [1.29, 1.82) is 0 Å². The summed E-state index contributed by atoms with van der Waals surface area (Å²) in [4.78, 5) is 10.0. The van der Waals surface area contributed by atoms with Crippen LogP contribution in [0.2, 0.25) is 0 Å². The summed E-state index contributed by atoms with van der Waals surface area (Å²) in [5, 5.41) is 0. The average molecular weight is 163 g/mol. The Morgan fingerprint density at radius 1 is 1.27 bits per heavy atom. The molecule has 0 aromatic rings. The number of carbonyl (C=O) groups excluding carboxylic acids is 1. The molecule has 0 heterocycles. The Bertz CT molecular complexity index is 107. The predicted octanol–water partition coefficient (Wildman–Crippen LogP) is -0.255. The van der Waals surface area contributed by atoms with Crippen LogP contribution in [-0.2, 0) is 14.2 Å². The van der Waals surface area contributed by atoms with E-state index in [2.05, 4.69) is 4.74 Å². The van der Waals surface area contributed by atoms with Gasteiger partial charge in [0.2, 0.25) is 0 Å². The van der Waals surface area contributed by atoms with Gasteiger partial charge in [-0.05, 0) is 0 Å². The van der Waals surface area contributed by atoms with Gasteiger partial charge in [0, 0.05) is 7.11 Å². The third-order valence-electron chi connectivity index (χ3n) is 0.904. The lowest BCUT2D eigenvalue weighted by atomic mass is 10.7. The van der Waals surface area contributed by atoms with Crippen LogP contribution >= 0.6 is 0 Å². The van der Waals surface area contributed by atoms with Gasteiger partial charge >= 0.3 is 6.09 Å². The van der Waals surface area contributed by atoms with Crippen LogP contribution in [-0.4, -0.2) is 39.6 Å². The molecule has 0 radical (unpaired) electrons. The van der Waals surface area contributed by atoms with E-state index in [-0.39, 0.29) is 6.61 Å². The minimum absolute atomic E-state index is 0.193. The van der Waals surface area contributed by atoms with Crippen molar-refractivity contribution in [3.63, 3.8) is 0 Å². The molecule has 0 atom stereocenters. The molecule has 0 bridgehead atoms. The number of hydrogen-bond donors (Lipinski definition) is 1. The lowest BCUT2D eigenvalue weighted by Gasteiger charge is -2.02. The van der Waals surface area contributed by atoms with Gasteiger partial charge in [-0.15, -0.1) is 0 Å². The molecular weight excluding hydrogens is 150 g/mol. The first-order valence-electron chi connectivity index (χ1n) is 3.26. The number of amides is 1. The monoisotopic (exact) mass is 163 g/mol. The number of rotatable bonds is 6. The summed E-state index contributed by atoms with van der Waals surface area (Å²) in [6.45, 7) is 1.58. The van der Waals surface area contributed by atoms with Crippen LogP contribution in [0.15, 0.2) is 0 Å². The molecule has 0 aliphatic heterocycles. The van der Waals surface area contributed by atoms with Gasteiger partial charge in [-0.2, -0.15) is 0 Å². The SMILES string of the molecule is COCCOCCOC(N)=O. The fourth-order valence-electron chi connectivity index (χ4n) is 0.446. The summed E-state index contributed by atoms with van der Waals surface area (Å²) in [5.41, 5.74) is 4.69. The van der Waals surface area contributed by atoms with Gasteiger partial charge in [-0.25, -0.2) is 4.79 Å². The van der Waals surface area contributed by atoms with Gasteiger partial charge < -0.3 is 19.9 Å². The second kappa shape index (κ2) is 7.30. The highest BCUT2D eigenvalue weighted by Gasteiger charge is 1.92. The number of carbonyl (C=O) groups is 1. The molecule has 5 nitrogen and oxygen atoms in total. The Morgan fingerprint density at radius 2 is 1.91 bits per heavy atom. The van der Waals surface area contributed by atoms with Gasteiger partial charge in [0.1, 0.15) is 6.61 Å². The summed E-state index contributed by atoms with van der Waals surface area (Å²) < 4.78 is 14.1. The molecular formula is C6H13NO4.